The molecule has 2 aromatic heterocycles. The van der Waals surface area contributed by atoms with E-state index in [1.807, 2.05) is 13.8 Å². The quantitative estimate of drug-likeness (QED) is 0.547. The van der Waals surface area contributed by atoms with Crippen molar-refractivity contribution in [3.05, 3.63) is 35.7 Å². The Kier molecular flexibility index (Phi) is 5.61. The van der Waals surface area contributed by atoms with Crippen LogP contribution in [0.3, 0.4) is 0 Å². The second kappa shape index (κ2) is 8.48. The number of rotatable bonds is 6. The van der Waals surface area contributed by atoms with Gasteiger partial charge in [0.05, 0.1) is 11.6 Å². The molecule has 1 aliphatic carbocycles. The average Bonchev–Trinajstić information content (AvgIpc) is 3.44. The molecule has 2 bridgehead atoms. The van der Waals surface area contributed by atoms with Crippen LogP contribution in [0.1, 0.15) is 44.1 Å². The first-order chi connectivity index (χ1) is 16.2. The third-order valence-corrected chi connectivity index (χ3v) is 6.38. The molecular weight excluding hydrogens is 451 g/mol. The first-order valence-electron chi connectivity index (χ1n) is 11.3. The summed E-state index contributed by atoms with van der Waals surface area (Å²) in [4.78, 5) is 10.9. The van der Waals surface area contributed by atoms with Crippen molar-refractivity contribution in [3.8, 4) is 11.8 Å². The minimum atomic E-state index is -4.45. The summed E-state index contributed by atoms with van der Waals surface area (Å²) in [7, 11) is 0. The van der Waals surface area contributed by atoms with E-state index in [0.29, 0.717) is 29.6 Å². The number of ether oxygens (including phenoxy) is 1. The fraction of sp³-hybridized carbons (Fsp3) is 0.545. The molecule has 2 aliphatic rings. The van der Waals surface area contributed by atoms with Gasteiger partial charge in [0, 0.05) is 19.1 Å². The van der Waals surface area contributed by atoms with Gasteiger partial charge in [-0.15, -0.1) is 5.10 Å². The molecule has 1 saturated carbocycles. The number of fused-ring (bicyclic) bond motifs is 2. The third kappa shape index (κ3) is 4.40. The van der Waals surface area contributed by atoms with Crippen LogP contribution in [0.5, 0.6) is 11.8 Å². The van der Waals surface area contributed by atoms with Crippen molar-refractivity contribution in [1.82, 2.24) is 24.9 Å². The molecule has 1 aromatic carbocycles. The van der Waals surface area contributed by atoms with Crippen LogP contribution < -0.4 is 15.0 Å². The van der Waals surface area contributed by atoms with Crippen LogP contribution >= 0.6 is 0 Å². The minimum absolute atomic E-state index is 0.0545. The van der Waals surface area contributed by atoms with Gasteiger partial charge in [-0.1, -0.05) is 11.2 Å². The maximum Gasteiger partial charge on any atom is 0.416 e. The molecule has 0 amide bonds. The number of aryl methyl sites for hydroxylation is 1. The van der Waals surface area contributed by atoms with E-state index in [4.69, 9.17) is 9.26 Å². The predicted molar refractivity (Wildman–Crippen MR) is 117 cm³/mol. The van der Waals surface area contributed by atoms with Crippen molar-refractivity contribution in [3.63, 3.8) is 0 Å². The van der Waals surface area contributed by atoms with Crippen molar-refractivity contribution < 1.29 is 22.4 Å². The fourth-order valence-corrected chi connectivity index (χ4v) is 4.80. The van der Waals surface area contributed by atoms with E-state index < -0.39 is 11.7 Å². The van der Waals surface area contributed by atoms with Crippen molar-refractivity contribution in [1.29, 1.82) is 0 Å². The second-order valence-electron chi connectivity index (χ2n) is 9.18. The van der Waals surface area contributed by atoms with Crippen LogP contribution in [0.25, 0.3) is 0 Å². The Morgan fingerprint density at radius 3 is 2.50 bits per heavy atom. The largest absolute Gasteiger partial charge is 0.424 e. The van der Waals surface area contributed by atoms with Gasteiger partial charge in [-0.2, -0.15) is 23.1 Å². The van der Waals surface area contributed by atoms with Gasteiger partial charge in [-0.3, -0.25) is 0 Å². The highest BCUT2D eigenvalue weighted by molar-refractivity contribution is 5.36. The Bertz CT molecular complexity index is 1150. The molecule has 34 heavy (non-hydrogen) atoms. The van der Waals surface area contributed by atoms with Crippen LogP contribution in [0, 0.1) is 18.8 Å². The first kappa shape index (κ1) is 22.5. The summed E-state index contributed by atoms with van der Waals surface area (Å²) < 4.78 is 51.9. The Morgan fingerprint density at radius 1 is 1.15 bits per heavy atom. The van der Waals surface area contributed by atoms with Gasteiger partial charge >= 0.3 is 18.2 Å². The number of benzene rings is 1. The van der Waals surface area contributed by atoms with Crippen LogP contribution in [-0.4, -0.2) is 44.0 Å². The molecular formula is C22H26F3N7O2. The molecule has 3 heterocycles. The number of hydrogen-bond donors (Lipinski definition) is 1. The number of hydrogen-bond acceptors (Lipinski definition) is 8. The lowest BCUT2D eigenvalue weighted by atomic mass is 9.92. The van der Waals surface area contributed by atoms with Crippen molar-refractivity contribution in [2.45, 2.75) is 51.9 Å². The summed E-state index contributed by atoms with van der Waals surface area (Å²) >= 11 is 0. The summed E-state index contributed by atoms with van der Waals surface area (Å²) in [5.74, 6) is 1.77. The molecule has 0 radical (unpaired) electrons. The highest BCUT2D eigenvalue weighted by Gasteiger charge is 2.44. The molecule has 3 aromatic rings. The van der Waals surface area contributed by atoms with E-state index in [2.05, 4.69) is 30.4 Å². The smallest absolute Gasteiger partial charge is 0.416 e. The number of anilines is 2. The minimum Gasteiger partial charge on any atom is -0.424 e. The molecule has 3 atom stereocenters. The van der Waals surface area contributed by atoms with Crippen molar-refractivity contribution in [2.75, 3.05) is 23.3 Å². The van der Waals surface area contributed by atoms with E-state index in [-0.39, 0.29) is 23.8 Å². The number of alkyl halides is 3. The van der Waals surface area contributed by atoms with Gasteiger partial charge in [-0.25, -0.2) is 4.68 Å². The monoisotopic (exact) mass is 477 g/mol. The lowest BCUT2D eigenvalue weighted by Gasteiger charge is -2.37. The Hall–Kier alpha value is -3.31. The third-order valence-electron chi connectivity index (χ3n) is 6.38. The zero-order valence-corrected chi connectivity index (χ0v) is 19.1. The molecule has 5 rings (SSSR count). The number of halogens is 3. The van der Waals surface area contributed by atoms with E-state index >= 15 is 0 Å². The molecule has 12 heteroatoms. The molecule has 2 fully saturated rings. The summed E-state index contributed by atoms with van der Waals surface area (Å²) in [6.45, 7) is 7.19. The lowest BCUT2D eigenvalue weighted by molar-refractivity contribution is -0.137. The number of nitrogens with one attached hydrogen (secondary N) is 1. The van der Waals surface area contributed by atoms with Gasteiger partial charge in [0.1, 0.15) is 5.75 Å². The fourth-order valence-electron chi connectivity index (χ4n) is 4.80. The van der Waals surface area contributed by atoms with Gasteiger partial charge < -0.3 is 19.5 Å². The van der Waals surface area contributed by atoms with E-state index in [0.717, 1.165) is 38.1 Å². The van der Waals surface area contributed by atoms with Crippen LogP contribution in [-0.2, 0) is 6.18 Å². The maximum atomic E-state index is 13.1. The predicted octanol–water partition coefficient (Wildman–Crippen LogP) is 4.69. The standard InChI is InChI=1S/C22H26F3N7O2/c1-12(2)32-21(33-17-6-4-5-16(9-17)22(23,24)25)28-19(29-32)27-18-14-7-8-15(18)11-31(10-14)20-26-13(3)30-34-20/h4-6,9,12,14-15,18H,7-8,10-11H2,1-3H3,(H,27,29)/t14-,15+,18?. The zero-order chi connectivity index (χ0) is 24.0. The van der Waals surface area contributed by atoms with Crippen molar-refractivity contribution in [2.24, 2.45) is 11.8 Å². The van der Waals surface area contributed by atoms with Gasteiger partial charge in [0.15, 0.2) is 5.82 Å². The molecule has 9 nitrogen and oxygen atoms in total. The number of piperidine rings is 1. The molecule has 0 spiro atoms. The van der Waals surface area contributed by atoms with E-state index in [1.54, 1.807) is 11.6 Å². The van der Waals surface area contributed by atoms with Crippen LogP contribution in [0.15, 0.2) is 28.8 Å². The van der Waals surface area contributed by atoms with Gasteiger partial charge in [-0.05, 0) is 63.6 Å². The topological polar surface area (TPSA) is 94.1 Å². The summed E-state index contributed by atoms with van der Waals surface area (Å²) in [6, 6.07) is 5.51. The molecule has 1 N–H and O–H groups in total. The van der Waals surface area contributed by atoms with Crippen LogP contribution in [0.4, 0.5) is 25.1 Å². The highest BCUT2D eigenvalue weighted by atomic mass is 19.4. The van der Waals surface area contributed by atoms with Crippen LogP contribution in [0.2, 0.25) is 0 Å². The zero-order valence-electron chi connectivity index (χ0n) is 19.1. The van der Waals surface area contributed by atoms with E-state index in [9.17, 15) is 13.2 Å². The Balaban J connectivity index is 1.32. The summed E-state index contributed by atoms with van der Waals surface area (Å²) in [5.41, 5.74) is -0.779. The number of aromatic nitrogens is 5. The average molecular weight is 477 g/mol. The maximum absolute atomic E-state index is 13.1. The Labute approximate surface area is 194 Å². The van der Waals surface area contributed by atoms with E-state index in [1.165, 1.54) is 12.1 Å². The van der Waals surface area contributed by atoms with Gasteiger partial charge in [0.2, 0.25) is 5.95 Å². The molecule has 1 aliphatic heterocycles. The summed E-state index contributed by atoms with van der Waals surface area (Å²) in [5, 5.41) is 11.9. The Morgan fingerprint density at radius 2 is 1.88 bits per heavy atom. The second-order valence-corrected chi connectivity index (χ2v) is 9.18. The molecule has 182 valence electrons. The normalized spacial score (nSPS) is 22.4. The highest BCUT2D eigenvalue weighted by Crippen LogP contribution is 2.40. The lowest BCUT2D eigenvalue weighted by Crippen LogP contribution is -2.48. The first-order valence-corrected chi connectivity index (χ1v) is 11.3. The van der Waals surface area contributed by atoms with Gasteiger partial charge in [0.25, 0.3) is 0 Å². The summed E-state index contributed by atoms with van der Waals surface area (Å²) in [6.07, 6.45) is -2.33. The number of nitrogens with zero attached hydrogens (tertiary/aromatic N) is 6. The molecule has 1 unspecified atom stereocenters. The SMILES string of the molecule is Cc1noc(N2C[C@H]3CC[C@@H](C2)C3Nc2nc(Oc3cccc(C(F)(F)F)c3)n(C(C)C)n2)n1. The molecule has 1 saturated heterocycles. The van der Waals surface area contributed by atoms with Crippen molar-refractivity contribution >= 4 is 12.0 Å².